The molecule has 6 nitrogen and oxygen atoms in total. The number of halogens is 1. The minimum Gasteiger partial charge on any atom is -0.493 e. The molecule has 2 aromatic rings. The van der Waals surface area contributed by atoms with Crippen molar-refractivity contribution in [2.24, 2.45) is 4.99 Å². The normalized spacial score (nSPS) is 17.8. The second-order valence-corrected chi connectivity index (χ2v) is 7.45. The van der Waals surface area contributed by atoms with Crippen molar-refractivity contribution >= 4 is 29.9 Å². The topological polar surface area (TPSA) is 55.3 Å². The van der Waals surface area contributed by atoms with Crippen LogP contribution in [0.4, 0.5) is 0 Å². The van der Waals surface area contributed by atoms with Crippen molar-refractivity contribution in [2.45, 2.75) is 25.3 Å². The minimum absolute atomic E-state index is 0. The third-order valence-electron chi connectivity index (χ3n) is 5.82. The highest BCUT2D eigenvalue weighted by molar-refractivity contribution is 14.0. The van der Waals surface area contributed by atoms with E-state index in [0.29, 0.717) is 5.92 Å². The average Bonchev–Trinajstić information content (AvgIpc) is 2.78. The molecule has 2 aliphatic heterocycles. The van der Waals surface area contributed by atoms with Crippen LogP contribution in [0.15, 0.2) is 41.4 Å². The second kappa shape index (κ2) is 10.2. The van der Waals surface area contributed by atoms with E-state index >= 15 is 0 Å². The van der Waals surface area contributed by atoms with Crippen LogP contribution >= 0.6 is 24.0 Å². The van der Waals surface area contributed by atoms with Gasteiger partial charge in [0.1, 0.15) is 5.75 Å². The molecular weight excluding hydrogens is 493 g/mol. The number of rotatable bonds is 4. The molecule has 0 saturated carbocycles. The van der Waals surface area contributed by atoms with Gasteiger partial charge in [0.25, 0.3) is 0 Å². The summed E-state index contributed by atoms with van der Waals surface area (Å²) in [6.45, 7) is 3.34. The van der Waals surface area contributed by atoms with Crippen molar-refractivity contribution in [1.29, 1.82) is 0 Å². The maximum Gasteiger partial charge on any atom is 0.193 e. The number of fused-ring (bicyclic) bond motifs is 2. The Morgan fingerprint density at radius 2 is 1.90 bits per heavy atom. The van der Waals surface area contributed by atoms with E-state index in [9.17, 15) is 0 Å². The summed E-state index contributed by atoms with van der Waals surface area (Å²) in [6.07, 6.45) is 1.97. The van der Waals surface area contributed by atoms with E-state index in [4.69, 9.17) is 14.2 Å². The Hall–Kier alpha value is -2.16. The van der Waals surface area contributed by atoms with Crippen LogP contribution in [0.1, 0.15) is 29.0 Å². The van der Waals surface area contributed by atoms with Crippen molar-refractivity contribution in [3.63, 3.8) is 0 Å². The molecule has 4 rings (SSSR count). The van der Waals surface area contributed by atoms with Gasteiger partial charge in [0.15, 0.2) is 17.5 Å². The summed E-state index contributed by atoms with van der Waals surface area (Å²) >= 11 is 0. The van der Waals surface area contributed by atoms with Crippen LogP contribution in [-0.4, -0.2) is 51.8 Å². The summed E-state index contributed by atoms with van der Waals surface area (Å²) in [5.41, 5.74) is 3.85. The molecule has 0 aromatic heterocycles. The molecule has 1 unspecified atom stereocenters. The van der Waals surface area contributed by atoms with Gasteiger partial charge in [-0.1, -0.05) is 18.2 Å². The zero-order valence-corrected chi connectivity index (χ0v) is 20.1. The molecule has 0 saturated heterocycles. The molecule has 1 N–H and O–H groups in total. The Bertz CT molecular complexity index is 903. The molecule has 162 valence electrons. The number of ether oxygens (including phenoxy) is 3. The van der Waals surface area contributed by atoms with Gasteiger partial charge in [-0.15, -0.1) is 24.0 Å². The fourth-order valence-electron chi connectivity index (χ4n) is 4.24. The smallest absolute Gasteiger partial charge is 0.193 e. The Balaban J connectivity index is 0.00000256. The van der Waals surface area contributed by atoms with E-state index in [1.165, 1.54) is 16.7 Å². The number of methoxy groups -OCH3 is 2. The lowest BCUT2D eigenvalue weighted by Crippen LogP contribution is -2.45. The minimum atomic E-state index is 0. The first-order valence-electron chi connectivity index (χ1n) is 10.1. The van der Waals surface area contributed by atoms with Crippen LogP contribution in [0.2, 0.25) is 0 Å². The van der Waals surface area contributed by atoms with Crippen LogP contribution in [0.25, 0.3) is 0 Å². The van der Waals surface area contributed by atoms with E-state index in [1.807, 2.05) is 13.1 Å². The largest absolute Gasteiger partial charge is 0.493 e. The van der Waals surface area contributed by atoms with Crippen molar-refractivity contribution in [3.8, 4) is 17.2 Å². The summed E-state index contributed by atoms with van der Waals surface area (Å²) in [4.78, 5) is 6.85. The summed E-state index contributed by atoms with van der Waals surface area (Å²) in [6, 6.07) is 12.5. The monoisotopic (exact) mass is 523 g/mol. The van der Waals surface area contributed by atoms with Crippen LogP contribution < -0.4 is 19.5 Å². The lowest BCUT2D eigenvalue weighted by Gasteiger charge is -2.33. The first-order valence-corrected chi connectivity index (χ1v) is 10.1. The zero-order chi connectivity index (χ0) is 20.2. The predicted molar refractivity (Wildman–Crippen MR) is 130 cm³/mol. The number of hydrogen-bond acceptors (Lipinski definition) is 4. The van der Waals surface area contributed by atoms with Crippen molar-refractivity contribution < 1.29 is 14.2 Å². The van der Waals surface area contributed by atoms with Gasteiger partial charge in [0.05, 0.1) is 20.8 Å². The van der Waals surface area contributed by atoms with E-state index in [0.717, 1.165) is 62.3 Å². The third-order valence-corrected chi connectivity index (χ3v) is 5.82. The number of aliphatic imine (C=N–C) groups is 1. The van der Waals surface area contributed by atoms with Crippen molar-refractivity contribution in [2.75, 3.05) is 41.0 Å². The molecule has 2 aromatic carbocycles. The number of hydrogen-bond donors (Lipinski definition) is 1. The summed E-state index contributed by atoms with van der Waals surface area (Å²) in [7, 11) is 5.21. The predicted octanol–water partition coefficient (Wildman–Crippen LogP) is 3.82. The van der Waals surface area contributed by atoms with Gasteiger partial charge in [0.2, 0.25) is 0 Å². The summed E-state index contributed by atoms with van der Waals surface area (Å²) in [5, 5.41) is 3.60. The Morgan fingerprint density at radius 3 is 2.63 bits per heavy atom. The highest BCUT2D eigenvalue weighted by atomic mass is 127. The Kier molecular flexibility index (Phi) is 7.69. The fourth-order valence-corrected chi connectivity index (χ4v) is 4.24. The van der Waals surface area contributed by atoms with Gasteiger partial charge in [-0.2, -0.15) is 0 Å². The van der Waals surface area contributed by atoms with E-state index < -0.39 is 0 Å². The molecule has 0 radical (unpaired) electrons. The van der Waals surface area contributed by atoms with Crippen LogP contribution in [0.3, 0.4) is 0 Å². The lowest BCUT2D eigenvalue weighted by molar-refractivity contribution is 0.266. The van der Waals surface area contributed by atoms with E-state index in [2.05, 4.69) is 45.5 Å². The third kappa shape index (κ3) is 4.61. The molecule has 1 atom stereocenters. The number of guanidine groups is 1. The molecule has 7 heteroatoms. The molecule has 0 fully saturated rings. The maximum absolute atomic E-state index is 5.79. The van der Waals surface area contributed by atoms with E-state index in [-0.39, 0.29) is 24.0 Å². The van der Waals surface area contributed by atoms with Crippen molar-refractivity contribution in [3.05, 3.63) is 53.1 Å². The van der Waals surface area contributed by atoms with E-state index in [1.54, 1.807) is 14.2 Å². The molecule has 30 heavy (non-hydrogen) atoms. The van der Waals surface area contributed by atoms with Crippen LogP contribution in [-0.2, 0) is 13.0 Å². The maximum atomic E-state index is 5.79. The first-order chi connectivity index (χ1) is 14.2. The van der Waals surface area contributed by atoms with Gasteiger partial charge in [0, 0.05) is 32.6 Å². The number of nitrogens with one attached hydrogen (secondary N) is 1. The van der Waals surface area contributed by atoms with Crippen LogP contribution in [0, 0.1) is 0 Å². The van der Waals surface area contributed by atoms with Gasteiger partial charge in [-0.05, 0) is 47.7 Å². The van der Waals surface area contributed by atoms with Crippen LogP contribution in [0.5, 0.6) is 17.2 Å². The molecule has 0 aliphatic carbocycles. The molecular formula is C23H30IN3O3. The molecule has 0 spiro atoms. The standard InChI is InChI=1S/C23H29N3O3.HI/c1-24-23(25-14-17-9-11-29-20-7-5-4-6-19(17)20)26-10-8-16-12-21(27-2)22(28-3)13-18(16)15-26;/h4-7,12-13,17H,8-11,14-15H2,1-3H3,(H,24,25);1H. The second-order valence-electron chi connectivity index (χ2n) is 7.45. The molecule has 0 amide bonds. The average molecular weight is 523 g/mol. The van der Waals surface area contributed by atoms with Gasteiger partial charge < -0.3 is 24.4 Å². The lowest BCUT2D eigenvalue weighted by atomic mass is 9.93. The Morgan fingerprint density at radius 1 is 1.17 bits per heavy atom. The first kappa shape index (κ1) is 22.5. The number of nitrogens with zero attached hydrogens (tertiary/aromatic N) is 2. The molecule has 2 aliphatic rings. The molecule has 0 bridgehead atoms. The zero-order valence-electron chi connectivity index (χ0n) is 17.8. The summed E-state index contributed by atoms with van der Waals surface area (Å²) < 4.78 is 16.7. The fraction of sp³-hybridized carbons (Fsp3) is 0.435. The van der Waals surface area contributed by atoms with Crippen molar-refractivity contribution in [1.82, 2.24) is 10.2 Å². The van der Waals surface area contributed by atoms with Gasteiger partial charge >= 0.3 is 0 Å². The van der Waals surface area contributed by atoms with Gasteiger partial charge in [-0.3, -0.25) is 4.99 Å². The van der Waals surface area contributed by atoms with Gasteiger partial charge in [-0.25, -0.2) is 0 Å². The Labute approximate surface area is 195 Å². The highest BCUT2D eigenvalue weighted by Crippen LogP contribution is 2.34. The number of benzene rings is 2. The number of para-hydroxylation sites is 1. The SMILES string of the molecule is CN=C(NCC1CCOc2ccccc21)N1CCc2cc(OC)c(OC)cc2C1.I. The highest BCUT2D eigenvalue weighted by Gasteiger charge is 2.24. The molecule has 2 heterocycles. The summed E-state index contributed by atoms with van der Waals surface area (Å²) in [5.74, 6) is 3.94. The quantitative estimate of drug-likeness (QED) is 0.375.